The van der Waals surface area contributed by atoms with Crippen LogP contribution in [0.25, 0.3) is 0 Å². The lowest BCUT2D eigenvalue weighted by Crippen LogP contribution is -2.23. The molecule has 1 heterocycles. The number of amides is 1. The van der Waals surface area contributed by atoms with Gasteiger partial charge in [-0.15, -0.1) is 0 Å². The van der Waals surface area contributed by atoms with Crippen molar-refractivity contribution in [1.82, 2.24) is 4.72 Å². The Bertz CT molecular complexity index is 1120. The van der Waals surface area contributed by atoms with Crippen LogP contribution in [0, 0.1) is 0 Å². The zero-order valence-corrected chi connectivity index (χ0v) is 18.5. The minimum Gasteiger partial charge on any atom is -0.483 e. The molecule has 3 rings (SSSR count). The Hall–Kier alpha value is -3.10. The predicted molar refractivity (Wildman–Crippen MR) is 118 cm³/mol. The first-order valence-electron chi connectivity index (χ1n) is 9.79. The molecule has 0 aliphatic heterocycles. The summed E-state index contributed by atoms with van der Waals surface area (Å²) >= 11 is 0. The van der Waals surface area contributed by atoms with E-state index < -0.39 is 10.0 Å². The van der Waals surface area contributed by atoms with E-state index in [4.69, 9.17) is 9.15 Å². The number of ether oxygens (including phenoxy) is 1. The van der Waals surface area contributed by atoms with Crippen molar-refractivity contribution in [3.63, 3.8) is 0 Å². The minimum atomic E-state index is -3.69. The average Bonchev–Trinajstić information content (AvgIpc) is 3.25. The monoisotopic (exact) mass is 442 g/mol. The molecule has 0 aliphatic carbocycles. The maximum Gasteiger partial charge on any atom is 0.262 e. The third-order valence-corrected chi connectivity index (χ3v) is 5.94. The summed E-state index contributed by atoms with van der Waals surface area (Å²) in [4.78, 5) is 12.4. The second-order valence-electron chi connectivity index (χ2n) is 8.01. The maximum absolute atomic E-state index is 12.4. The number of carbonyl (C=O) groups excluding carboxylic acids is 1. The molecule has 0 unspecified atom stereocenters. The van der Waals surface area contributed by atoms with Crippen LogP contribution in [0.15, 0.2) is 76.2 Å². The van der Waals surface area contributed by atoms with E-state index in [1.807, 2.05) is 24.3 Å². The molecule has 0 saturated carbocycles. The molecule has 1 aromatic heterocycles. The Kier molecular flexibility index (Phi) is 6.82. The van der Waals surface area contributed by atoms with Gasteiger partial charge in [-0.25, -0.2) is 13.1 Å². The van der Waals surface area contributed by atoms with Gasteiger partial charge in [0.2, 0.25) is 10.0 Å². The Morgan fingerprint density at radius 2 is 1.71 bits per heavy atom. The van der Waals surface area contributed by atoms with Crippen molar-refractivity contribution in [3.05, 3.63) is 78.3 Å². The molecule has 0 spiro atoms. The van der Waals surface area contributed by atoms with Crippen LogP contribution in [0.4, 0.5) is 5.69 Å². The fraction of sp³-hybridized carbons (Fsp3) is 0.261. The highest BCUT2D eigenvalue weighted by molar-refractivity contribution is 7.89. The van der Waals surface area contributed by atoms with Gasteiger partial charge in [0.25, 0.3) is 5.91 Å². The van der Waals surface area contributed by atoms with Gasteiger partial charge in [-0.05, 0) is 53.4 Å². The highest BCUT2D eigenvalue weighted by Gasteiger charge is 2.19. The number of nitrogens with one attached hydrogen (secondary N) is 2. The van der Waals surface area contributed by atoms with Crippen LogP contribution in [0.1, 0.15) is 32.1 Å². The number of sulfonamides is 1. The number of furan rings is 1. The van der Waals surface area contributed by atoms with Crippen molar-refractivity contribution in [3.8, 4) is 5.75 Å². The molecule has 0 radical (unpaired) electrons. The van der Waals surface area contributed by atoms with Crippen molar-refractivity contribution >= 4 is 21.6 Å². The molecule has 8 heteroatoms. The summed E-state index contributed by atoms with van der Waals surface area (Å²) in [5.74, 6) is 0.838. The van der Waals surface area contributed by atoms with E-state index in [9.17, 15) is 13.2 Å². The highest BCUT2D eigenvalue weighted by atomic mass is 32.2. The molecule has 0 atom stereocenters. The van der Waals surface area contributed by atoms with Crippen molar-refractivity contribution in [2.24, 2.45) is 0 Å². The number of benzene rings is 2. The van der Waals surface area contributed by atoms with Crippen LogP contribution in [0.5, 0.6) is 5.75 Å². The first kappa shape index (κ1) is 22.6. The normalized spacial score (nSPS) is 11.8. The molecule has 31 heavy (non-hydrogen) atoms. The molecule has 3 aromatic rings. The number of carbonyl (C=O) groups is 1. The zero-order valence-electron chi connectivity index (χ0n) is 17.7. The van der Waals surface area contributed by atoms with Crippen molar-refractivity contribution in [2.75, 3.05) is 11.9 Å². The zero-order chi connectivity index (χ0) is 22.5. The number of anilines is 1. The fourth-order valence-electron chi connectivity index (χ4n) is 2.93. The van der Waals surface area contributed by atoms with Gasteiger partial charge in [-0.3, -0.25) is 4.79 Å². The molecular formula is C23H26N2O5S. The lowest BCUT2D eigenvalue weighted by atomic mass is 9.86. The molecular weight excluding hydrogens is 416 g/mol. The quantitative estimate of drug-likeness (QED) is 0.548. The molecule has 0 saturated heterocycles. The van der Waals surface area contributed by atoms with Gasteiger partial charge in [-0.1, -0.05) is 39.0 Å². The second-order valence-corrected chi connectivity index (χ2v) is 9.78. The number of rotatable bonds is 8. The van der Waals surface area contributed by atoms with Gasteiger partial charge in [-0.2, -0.15) is 0 Å². The van der Waals surface area contributed by atoms with Gasteiger partial charge >= 0.3 is 0 Å². The number of hydrogen-bond donors (Lipinski definition) is 2. The molecule has 0 bridgehead atoms. The van der Waals surface area contributed by atoms with Crippen LogP contribution < -0.4 is 14.8 Å². The Balaban J connectivity index is 1.57. The molecule has 2 N–H and O–H groups in total. The summed E-state index contributed by atoms with van der Waals surface area (Å²) in [6, 6.07) is 16.9. The first-order chi connectivity index (χ1) is 14.6. The Morgan fingerprint density at radius 1 is 1.00 bits per heavy atom. The topological polar surface area (TPSA) is 97.6 Å². The SMILES string of the molecule is CC(C)(C)c1ccccc1OCC(=O)Nc1ccc(S(=O)(=O)NCc2ccco2)cc1. The molecule has 0 aliphatic rings. The highest BCUT2D eigenvalue weighted by Crippen LogP contribution is 2.30. The Labute approximate surface area is 182 Å². The molecule has 0 fully saturated rings. The van der Waals surface area contributed by atoms with E-state index in [1.54, 1.807) is 12.1 Å². The second kappa shape index (κ2) is 9.36. The summed E-state index contributed by atoms with van der Waals surface area (Å²) < 4.78 is 38.0. The van der Waals surface area contributed by atoms with E-state index in [-0.39, 0.29) is 29.4 Å². The summed E-state index contributed by atoms with van der Waals surface area (Å²) in [5, 5.41) is 2.71. The van der Waals surface area contributed by atoms with E-state index in [0.29, 0.717) is 17.2 Å². The summed E-state index contributed by atoms with van der Waals surface area (Å²) in [6.07, 6.45) is 1.48. The molecule has 7 nitrogen and oxygen atoms in total. The van der Waals surface area contributed by atoms with Crippen molar-refractivity contribution in [2.45, 2.75) is 37.6 Å². The first-order valence-corrected chi connectivity index (χ1v) is 11.3. The van der Waals surface area contributed by atoms with E-state index >= 15 is 0 Å². The number of hydrogen-bond acceptors (Lipinski definition) is 5. The minimum absolute atomic E-state index is 0.0567. The van der Waals surface area contributed by atoms with Gasteiger partial charge in [0, 0.05) is 5.69 Å². The summed E-state index contributed by atoms with van der Waals surface area (Å²) in [5.41, 5.74) is 1.38. The maximum atomic E-state index is 12.4. The summed E-state index contributed by atoms with van der Waals surface area (Å²) in [7, 11) is -3.69. The third kappa shape index (κ3) is 6.19. The lowest BCUT2D eigenvalue weighted by Gasteiger charge is -2.22. The lowest BCUT2D eigenvalue weighted by molar-refractivity contribution is -0.118. The van der Waals surface area contributed by atoms with Gasteiger partial charge in [0.1, 0.15) is 11.5 Å². The molecule has 1 amide bonds. The van der Waals surface area contributed by atoms with Gasteiger partial charge < -0.3 is 14.5 Å². The van der Waals surface area contributed by atoms with E-state index in [1.165, 1.54) is 30.5 Å². The van der Waals surface area contributed by atoms with Crippen LogP contribution in [0.2, 0.25) is 0 Å². The van der Waals surface area contributed by atoms with Crippen LogP contribution in [-0.4, -0.2) is 20.9 Å². The predicted octanol–water partition coefficient (Wildman–Crippen LogP) is 4.07. The van der Waals surface area contributed by atoms with Gasteiger partial charge in [0.15, 0.2) is 6.61 Å². The molecule has 2 aromatic carbocycles. The van der Waals surface area contributed by atoms with Crippen LogP contribution >= 0.6 is 0 Å². The Morgan fingerprint density at radius 3 is 2.35 bits per heavy atom. The van der Waals surface area contributed by atoms with Crippen LogP contribution in [0.3, 0.4) is 0 Å². The van der Waals surface area contributed by atoms with Gasteiger partial charge in [0.05, 0.1) is 17.7 Å². The van der Waals surface area contributed by atoms with Crippen molar-refractivity contribution < 1.29 is 22.4 Å². The largest absolute Gasteiger partial charge is 0.483 e. The molecule has 164 valence electrons. The third-order valence-electron chi connectivity index (χ3n) is 4.52. The van der Waals surface area contributed by atoms with E-state index in [0.717, 1.165) is 5.56 Å². The van der Waals surface area contributed by atoms with Crippen molar-refractivity contribution in [1.29, 1.82) is 0 Å². The van der Waals surface area contributed by atoms with Crippen LogP contribution in [-0.2, 0) is 26.8 Å². The average molecular weight is 443 g/mol. The smallest absolute Gasteiger partial charge is 0.262 e. The van der Waals surface area contributed by atoms with E-state index in [2.05, 4.69) is 30.8 Å². The standard InChI is InChI=1S/C23H26N2O5S/c1-23(2,3)20-8-4-5-9-21(20)30-16-22(26)25-17-10-12-19(13-11-17)31(27,28)24-15-18-7-6-14-29-18/h4-14,24H,15-16H2,1-3H3,(H,25,26). The summed E-state index contributed by atoms with van der Waals surface area (Å²) in [6.45, 7) is 6.14. The number of para-hydroxylation sites is 1. The fourth-order valence-corrected chi connectivity index (χ4v) is 3.93.